The molecule has 15 heavy (non-hydrogen) atoms. The van der Waals surface area contributed by atoms with E-state index in [1.54, 1.807) is 12.1 Å². The highest BCUT2D eigenvalue weighted by Crippen LogP contribution is 2.20. The molecular weight excluding hydrogens is 200 g/mol. The van der Waals surface area contributed by atoms with Gasteiger partial charge in [0, 0.05) is 0 Å². The fraction of sp³-hybridized carbons (Fsp3) is 0.0909. The Labute approximate surface area is 85.8 Å². The Kier molecular flexibility index (Phi) is 2.22. The molecule has 0 N–H and O–H groups in total. The van der Waals surface area contributed by atoms with Crippen LogP contribution in [0.15, 0.2) is 36.4 Å². The summed E-state index contributed by atoms with van der Waals surface area (Å²) >= 11 is 0. The zero-order valence-corrected chi connectivity index (χ0v) is 8.18. The highest BCUT2D eigenvalue weighted by atomic mass is 19.4. The molecule has 4 heteroatoms. The van der Waals surface area contributed by atoms with Crippen LogP contribution >= 0.6 is 0 Å². The van der Waals surface area contributed by atoms with Crippen LogP contribution in [0.3, 0.4) is 0 Å². The summed E-state index contributed by atoms with van der Waals surface area (Å²) in [5.74, 6) is 0. The van der Waals surface area contributed by atoms with E-state index in [1.807, 2.05) is 12.1 Å². The predicted octanol–water partition coefficient (Wildman–Crippen LogP) is 3.20. The van der Waals surface area contributed by atoms with Crippen molar-refractivity contribution in [2.45, 2.75) is 6.92 Å². The van der Waals surface area contributed by atoms with Crippen molar-refractivity contribution in [3.63, 3.8) is 0 Å². The van der Waals surface area contributed by atoms with Crippen LogP contribution in [0, 0.1) is 6.92 Å². The molecule has 0 unspecified atom stereocenters. The number of fused-ring (bicyclic) bond motifs is 1. The number of rotatable bonds is 1. The van der Waals surface area contributed by atoms with E-state index in [9.17, 15) is 12.9 Å². The minimum Gasteiger partial charge on any atom is -0.445 e. The molecule has 0 radical (unpaired) electrons. The van der Waals surface area contributed by atoms with Gasteiger partial charge in [0.05, 0.1) is 0 Å². The van der Waals surface area contributed by atoms with Gasteiger partial charge in [-0.25, -0.2) is 0 Å². The lowest BCUT2D eigenvalue weighted by Gasteiger charge is -2.19. The van der Waals surface area contributed by atoms with Crippen LogP contribution < -0.4 is 5.46 Å². The molecule has 78 valence electrons. The van der Waals surface area contributed by atoms with Crippen LogP contribution in [-0.4, -0.2) is 6.98 Å². The van der Waals surface area contributed by atoms with Gasteiger partial charge in [0.25, 0.3) is 0 Å². The maximum absolute atomic E-state index is 12.6. The van der Waals surface area contributed by atoms with Crippen molar-refractivity contribution in [3.05, 3.63) is 42.0 Å². The molecule has 0 heterocycles. The number of benzene rings is 2. The van der Waals surface area contributed by atoms with Crippen molar-refractivity contribution >= 4 is 23.2 Å². The first-order chi connectivity index (χ1) is 7.00. The van der Waals surface area contributed by atoms with Gasteiger partial charge in [-0.15, -0.1) is 5.46 Å². The molecule has 2 aromatic rings. The maximum Gasteiger partial charge on any atom is 0.509 e. The second-order valence-electron chi connectivity index (χ2n) is 3.58. The first-order valence-corrected chi connectivity index (χ1v) is 4.68. The number of hydrogen-bond donors (Lipinski definition) is 0. The molecule has 0 bridgehead atoms. The maximum atomic E-state index is 12.6. The molecule has 0 aliphatic heterocycles. The molecule has 0 spiro atoms. The number of aryl methyl sites for hydroxylation is 1. The van der Waals surface area contributed by atoms with E-state index >= 15 is 0 Å². The molecule has 0 saturated heterocycles. The Morgan fingerprint density at radius 3 is 2.27 bits per heavy atom. The molecule has 0 aliphatic carbocycles. The van der Waals surface area contributed by atoms with Crippen molar-refractivity contribution in [2.24, 2.45) is 0 Å². The summed E-state index contributed by atoms with van der Waals surface area (Å²) in [6.45, 7) is -3.39. The van der Waals surface area contributed by atoms with Crippen LogP contribution in [0.2, 0.25) is 0 Å². The van der Waals surface area contributed by atoms with E-state index in [1.165, 1.54) is 13.0 Å². The minimum atomic E-state index is -4.91. The largest absolute Gasteiger partial charge is 0.509 e. The summed E-state index contributed by atoms with van der Waals surface area (Å²) in [6.07, 6.45) is 0. The number of halogens is 3. The number of hydrogen-bond acceptors (Lipinski definition) is 0. The van der Waals surface area contributed by atoms with Gasteiger partial charge < -0.3 is 12.9 Å². The van der Waals surface area contributed by atoms with Gasteiger partial charge in [0.1, 0.15) is 0 Å². The Hall–Kier alpha value is -1.45. The van der Waals surface area contributed by atoms with E-state index < -0.39 is 12.4 Å². The lowest BCUT2D eigenvalue weighted by atomic mass is 9.76. The third-order valence-electron chi connectivity index (χ3n) is 2.59. The van der Waals surface area contributed by atoms with Crippen molar-refractivity contribution in [1.82, 2.24) is 0 Å². The van der Waals surface area contributed by atoms with Crippen LogP contribution in [0.25, 0.3) is 10.8 Å². The predicted molar refractivity (Wildman–Crippen MR) is 57.4 cm³/mol. The summed E-state index contributed by atoms with van der Waals surface area (Å²) in [5, 5.41) is 1.52. The first-order valence-electron chi connectivity index (χ1n) is 4.68. The summed E-state index contributed by atoms with van der Waals surface area (Å²) in [5.41, 5.74) is -0.172. The smallest absolute Gasteiger partial charge is 0.445 e. The van der Waals surface area contributed by atoms with Crippen molar-refractivity contribution in [1.29, 1.82) is 0 Å². The quantitative estimate of drug-likeness (QED) is 0.632. The molecule has 0 nitrogen and oxygen atoms in total. The highest BCUT2D eigenvalue weighted by Gasteiger charge is 2.27. The van der Waals surface area contributed by atoms with Crippen LogP contribution in [0.5, 0.6) is 0 Å². The standard InChI is InChI=1S/C11H9BF3/c1-8-10-5-3-2-4-9(10)6-7-11(8)12(13,14)15/h2-7H,1H3/q-1. The Morgan fingerprint density at radius 2 is 1.60 bits per heavy atom. The van der Waals surface area contributed by atoms with E-state index in [2.05, 4.69) is 0 Å². The Balaban J connectivity index is 2.76. The summed E-state index contributed by atoms with van der Waals surface area (Å²) in [4.78, 5) is 0. The molecule has 0 saturated carbocycles. The molecule has 0 fully saturated rings. The zero-order valence-electron chi connectivity index (χ0n) is 8.18. The average molecular weight is 209 g/mol. The lowest BCUT2D eigenvalue weighted by molar-refractivity contribution is 0.500. The average Bonchev–Trinajstić information content (AvgIpc) is 2.16. The van der Waals surface area contributed by atoms with E-state index in [-0.39, 0.29) is 0 Å². The van der Waals surface area contributed by atoms with Crippen molar-refractivity contribution < 1.29 is 12.9 Å². The Morgan fingerprint density at radius 1 is 0.933 bits per heavy atom. The van der Waals surface area contributed by atoms with Crippen molar-refractivity contribution in [3.8, 4) is 0 Å². The SMILES string of the molecule is Cc1c([B-](F)(F)F)ccc2ccccc12. The fourth-order valence-corrected chi connectivity index (χ4v) is 1.80. The molecule has 0 aromatic heterocycles. The summed E-state index contributed by atoms with van der Waals surface area (Å²) in [7, 11) is 0. The monoisotopic (exact) mass is 209 g/mol. The molecule has 0 atom stereocenters. The van der Waals surface area contributed by atoms with Crippen LogP contribution in [0.1, 0.15) is 5.56 Å². The second kappa shape index (κ2) is 3.30. The van der Waals surface area contributed by atoms with E-state index in [4.69, 9.17) is 0 Å². The lowest BCUT2D eigenvalue weighted by Crippen LogP contribution is -2.36. The Bertz CT molecular complexity index is 503. The summed E-state index contributed by atoms with van der Waals surface area (Å²) in [6, 6.07) is 9.79. The zero-order chi connectivity index (χ0) is 11.1. The van der Waals surface area contributed by atoms with Crippen LogP contribution in [-0.2, 0) is 0 Å². The van der Waals surface area contributed by atoms with E-state index in [0.717, 1.165) is 11.5 Å². The molecular formula is C11H9BF3-. The van der Waals surface area contributed by atoms with Gasteiger partial charge in [-0.1, -0.05) is 42.0 Å². The van der Waals surface area contributed by atoms with Gasteiger partial charge in [0.15, 0.2) is 0 Å². The third kappa shape index (κ3) is 1.72. The highest BCUT2D eigenvalue weighted by molar-refractivity contribution is 6.74. The molecule has 0 amide bonds. The third-order valence-corrected chi connectivity index (χ3v) is 2.59. The topological polar surface area (TPSA) is 0 Å². The van der Waals surface area contributed by atoms with E-state index in [0.29, 0.717) is 10.9 Å². The van der Waals surface area contributed by atoms with Gasteiger partial charge in [-0.05, 0) is 17.7 Å². The van der Waals surface area contributed by atoms with Crippen molar-refractivity contribution in [2.75, 3.05) is 0 Å². The molecule has 2 aromatic carbocycles. The molecule has 2 rings (SSSR count). The second-order valence-corrected chi connectivity index (χ2v) is 3.58. The van der Waals surface area contributed by atoms with Crippen LogP contribution in [0.4, 0.5) is 12.9 Å². The van der Waals surface area contributed by atoms with Gasteiger partial charge >= 0.3 is 6.98 Å². The van der Waals surface area contributed by atoms with Gasteiger partial charge in [-0.2, -0.15) is 0 Å². The summed E-state index contributed by atoms with van der Waals surface area (Å²) < 4.78 is 37.9. The fourth-order valence-electron chi connectivity index (χ4n) is 1.80. The first kappa shape index (κ1) is 10.1. The minimum absolute atomic E-state index is 0.320. The molecule has 0 aliphatic rings. The van der Waals surface area contributed by atoms with Gasteiger partial charge in [-0.3, -0.25) is 0 Å². The van der Waals surface area contributed by atoms with Gasteiger partial charge in [0.2, 0.25) is 0 Å². The normalized spacial score (nSPS) is 12.0.